The Hall–Kier alpha value is -6.90. The summed E-state index contributed by atoms with van der Waals surface area (Å²) in [4.78, 5) is 61.9. The minimum atomic E-state index is -3.82. The largest absolute Gasteiger partial charge is 0.462 e. The number of esters is 2. The van der Waals surface area contributed by atoms with Gasteiger partial charge in [-0.15, -0.1) is 0 Å². The summed E-state index contributed by atoms with van der Waals surface area (Å²) in [6.45, 7) is 10.5. The molecule has 2 saturated heterocycles. The van der Waals surface area contributed by atoms with E-state index in [1.165, 1.54) is 12.1 Å². The van der Waals surface area contributed by atoms with Crippen LogP contribution in [0.1, 0.15) is 93.5 Å². The van der Waals surface area contributed by atoms with E-state index in [0.717, 1.165) is 5.56 Å². The molecule has 0 bridgehead atoms. The maximum absolute atomic E-state index is 12.6. The molecule has 18 nitrogen and oxygen atoms in total. The lowest BCUT2D eigenvalue weighted by Gasteiger charge is -2.39. The van der Waals surface area contributed by atoms with Crippen LogP contribution >= 0.6 is 0 Å². The Morgan fingerprint density at radius 3 is 1.68 bits per heavy atom. The van der Waals surface area contributed by atoms with Crippen molar-refractivity contribution in [3.05, 3.63) is 117 Å². The van der Waals surface area contributed by atoms with Crippen LogP contribution in [-0.4, -0.2) is 89.9 Å². The smallest absolute Gasteiger partial charge is 0.340 e. The lowest BCUT2D eigenvalue weighted by Crippen LogP contribution is -2.55. The minimum Gasteiger partial charge on any atom is -0.462 e. The first-order valence-electron chi connectivity index (χ1n) is 21.3. The summed E-state index contributed by atoms with van der Waals surface area (Å²) in [5, 5.41) is 19.1. The van der Waals surface area contributed by atoms with Gasteiger partial charge in [0.05, 0.1) is 64.3 Å². The molecule has 4 aromatic rings. The normalized spacial score (nSPS) is 14.0. The maximum Gasteiger partial charge on any atom is 0.340 e. The van der Waals surface area contributed by atoms with Crippen molar-refractivity contribution in [1.82, 2.24) is 19.4 Å². The summed E-state index contributed by atoms with van der Waals surface area (Å²) in [7, 11) is -7.63. The zero-order valence-corrected chi connectivity index (χ0v) is 39.0. The van der Waals surface area contributed by atoms with Crippen molar-refractivity contribution in [1.29, 1.82) is 10.5 Å². The topological polar surface area (TPSA) is 259 Å². The number of sulfonamides is 2. The molecule has 6 rings (SSSR count). The molecule has 66 heavy (non-hydrogen) atoms. The van der Waals surface area contributed by atoms with Gasteiger partial charge >= 0.3 is 11.9 Å². The van der Waals surface area contributed by atoms with Crippen LogP contribution < -0.4 is 19.2 Å². The van der Waals surface area contributed by atoms with Gasteiger partial charge in [-0.2, -0.15) is 10.5 Å². The zero-order valence-electron chi connectivity index (χ0n) is 37.4. The molecule has 4 heterocycles. The number of aromatic nitrogens is 2. The lowest BCUT2D eigenvalue weighted by molar-refractivity contribution is -0.124. The number of rotatable bonds is 15. The molecular weight excluding hydrogens is 889 g/mol. The van der Waals surface area contributed by atoms with Gasteiger partial charge in [-0.3, -0.25) is 19.0 Å². The van der Waals surface area contributed by atoms with Gasteiger partial charge in [-0.25, -0.2) is 36.4 Å². The highest BCUT2D eigenvalue weighted by Crippen LogP contribution is 2.30. The Balaban J connectivity index is 0.000000248. The second-order valence-electron chi connectivity index (χ2n) is 15.6. The lowest BCUT2D eigenvalue weighted by atomic mass is 9.96. The molecule has 2 aromatic carbocycles. The van der Waals surface area contributed by atoms with Gasteiger partial charge in [0.25, 0.3) is 0 Å². The number of nitriles is 2. The number of nitrogens with one attached hydrogen (secondary N) is 2. The van der Waals surface area contributed by atoms with Crippen molar-refractivity contribution in [2.45, 2.75) is 65.4 Å². The van der Waals surface area contributed by atoms with Crippen LogP contribution in [0.4, 0.5) is 11.6 Å². The van der Waals surface area contributed by atoms with E-state index < -0.39 is 55.6 Å². The van der Waals surface area contributed by atoms with Crippen molar-refractivity contribution in [3.8, 4) is 12.1 Å². The van der Waals surface area contributed by atoms with E-state index in [4.69, 9.17) is 9.47 Å². The number of amides is 2. The summed E-state index contributed by atoms with van der Waals surface area (Å²) in [5.74, 6) is -2.93. The monoisotopic (exact) mass is 940 g/mol. The van der Waals surface area contributed by atoms with Crippen molar-refractivity contribution in [2.24, 2.45) is 11.8 Å². The van der Waals surface area contributed by atoms with E-state index in [1.807, 2.05) is 36.9 Å². The predicted octanol–water partition coefficient (Wildman–Crippen LogP) is 4.38. The van der Waals surface area contributed by atoms with Crippen LogP contribution in [-0.2, 0) is 57.0 Å². The van der Waals surface area contributed by atoms with Crippen LogP contribution in [0.2, 0.25) is 0 Å². The maximum atomic E-state index is 12.6. The van der Waals surface area contributed by atoms with Crippen molar-refractivity contribution in [2.75, 3.05) is 49.2 Å². The third-order valence-corrected chi connectivity index (χ3v) is 13.2. The van der Waals surface area contributed by atoms with Crippen LogP contribution in [0.15, 0.2) is 66.7 Å². The number of carbonyl (C=O) groups excluding carboxylic acids is 4. The molecule has 2 N–H and O–H groups in total. The van der Waals surface area contributed by atoms with E-state index >= 15 is 0 Å². The third kappa shape index (κ3) is 13.1. The SMILES string of the molecule is CCOC(=O)c1cc(C#N)c(N2CC(C(=O)NS(=O)(=O)Cc3ccccc3)C2)nc1CC.CCOC(=O)c1cc(C#N)c(N2CCC(C(=O)NS(=O)(=O)Cc3ccc(C)cc3)CC2)nc1C. The Morgan fingerprint density at radius 1 is 0.682 bits per heavy atom. The van der Waals surface area contributed by atoms with Crippen LogP contribution in [0, 0.1) is 48.3 Å². The first kappa shape index (κ1) is 50.1. The Kier molecular flexibility index (Phi) is 17.0. The van der Waals surface area contributed by atoms with E-state index in [1.54, 1.807) is 68.1 Å². The molecule has 2 amide bonds. The van der Waals surface area contributed by atoms with Gasteiger partial charge in [-0.1, -0.05) is 67.1 Å². The molecule has 2 fully saturated rings. The van der Waals surface area contributed by atoms with Crippen molar-refractivity contribution in [3.63, 3.8) is 0 Å². The van der Waals surface area contributed by atoms with Crippen LogP contribution in [0.5, 0.6) is 0 Å². The minimum absolute atomic E-state index is 0.195. The number of hydrogen-bond donors (Lipinski definition) is 2. The quantitative estimate of drug-likeness (QED) is 0.157. The molecular formula is C46H52N8O10S2. The first-order chi connectivity index (χ1) is 31.4. The second kappa shape index (κ2) is 22.3. The summed E-state index contributed by atoms with van der Waals surface area (Å²) in [6, 6.07) is 22.8. The standard InChI is InChI=1S/C24H28N4O5S.C22H24N4O5S/c1-4-33-24(30)21-13-20(14-25)22(26-17(21)3)28-11-9-19(10-12-28)23(29)27-34(31,32)15-18-7-5-16(2)6-8-18;1-3-19-18(22(28)31-4-2)10-16(11-23)20(24-19)26-12-17(13-26)21(27)25-32(29,30)14-15-8-6-5-7-9-15/h5-8,13,19H,4,9-12,15H2,1-3H3,(H,27,29);5-10,17H,3-4,12-14H2,1-2H3,(H,25,27). The highest BCUT2D eigenvalue weighted by molar-refractivity contribution is 7.89. The van der Waals surface area contributed by atoms with Crippen LogP contribution in [0.25, 0.3) is 0 Å². The van der Waals surface area contributed by atoms with Gasteiger partial charge in [0, 0.05) is 32.1 Å². The third-order valence-electron chi connectivity index (χ3n) is 10.7. The predicted molar refractivity (Wildman–Crippen MR) is 244 cm³/mol. The molecule has 20 heteroatoms. The molecule has 0 spiro atoms. The van der Waals surface area contributed by atoms with E-state index in [0.29, 0.717) is 66.5 Å². The molecule has 0 radical (unpaired) electrons. The molecule has 0 atom stereocenters. The molecule has 348 valence electrons. The summed E-state index contributed by atoms with van der Waals surface area (Å²) in [6.07, 6.45) is 1.29. The number of pyridine rings is 2. The number of ether oxygens (including phenoxy) is 2. The fraction of sp³-hybridized carbons (Fsp3) is 0.391. The highest BCUT2D eigenvalue weighted by atomic mass is 32.2. The van der Waals surface area contributed by atoms with Crippen LogP contribution in [0.3, 0.4) is 0 Å². The van der Waals surface area contributed by atoms with E-state index in [9.17, 15) is 46.5 Å². The van der Waals surface area contributed by atoms with Gasteiger partial charge in [-0.05, 0) is 70.2 Å². The number of hydrogen-bond acceptors (Lipinski definition) is 16. The van der Waals surface area contributed by atoms with Gasteiger partial charge < -0.3 is 19.3 Å². The molecule has 0 saturated carbocycles. The second-order valence-corrected chi connectivity index (χ2v) is 19.1. The summed E-state index contributed by atoms with van der Waals surface area (Å²) < 4.78 is 63.9. The average molecular weight is 941 g/mol. The number of benzene rings is 2. The van der Waals surface area contributed by atoms with E-state index in [2.05, 4.69) is 25.5 Å². The number of anilines is 2. The summed E-state index contributed by atoms with van der Waals surface area (Å²) in [5.41, 5.74) is 4.10. The Labute approximate surface area is 385 Å². The first-order valence-corrected chi connectivity index (χ1v) is 24.6. The fourth-order valence-corrected chi connectivity index (χ4v) is 9.62. The molecule has 2 aliphatic rings. The zero-order chi connectivity index (χ0) is 48.2. The summed E-state index contributed by atoms with van der Waals surface area (Å²) >= 11 is 0. The van der Waals surface area contributed by atoms with Gasteiger partial charge in [0.15, 0.2) is 0 Å². The number of aryl methyl sites for hydroxylation is 3. The highest BCUT2D eigenvalue weighted by Gasteiger charge is 2.37. The molecule has 2 aromatic heterocycles. The average Bonchev–Trinajstić information content (AvgIpc) is 3.26. The van der Waals surface area contributed by atoms with Crippen molar-refractivity contribution < 1.29 is 45.5 Å². The van der Waals surface area contributed by atoms with Gasteiger partial charge in [0.1, 0.15) is 23.8 Å². The number of piperidine rings is 1. The van der Waals surface area contributed by atoms with Gasteiger partial charge in [0.2, 0.25) is 31.9 Å². The molecule has 0 unspecified atom stereocenters. The van der Waals surface area contributed by atoms with Crippen molar-refractivity contribution >= 4 is 55.4 Å². The molecule has 2 aliphatic heterocycles. The Morgan fingerprint density at radius 2 is 1.17 bits per heavy atom. The Bertz CT molecular complexity index is 2740. The number of nitrogens with zero attached hydrogens (tertiary/aromatic N) is 6. The fourth-order valence-electron chi connectivity index (χ4n) is 7.26. The van der Waals surface area contributed by atoms with E-state index in [-0.39, 0.29) is 60.1 Å². The number of carbonyl (C=O) groups is 4. The molecule has 0 aliphatic carbocycles.